The van der Waals surface area contributed by atoms with Gasteiger partial charge in [0.1, 0.15) is 6.10 Å². The number of hydrogen-bond donors (Lipinski definition) is 1. The summed E-state index contributed by atoms with van der Waals surface area (Å²) in [6, 6.07) is 3.64. The Hall–Kier alpha value is -2.25. The summed E-state index contributed by atoms with van der Waals surface area (Å²) in [5.41, 5.74) is 1.92. The number of fused-ring (bicyclic) bond motifs is 1. The number of carbonyl (C=O) groups excluding carboxylic acids is 1. The highest BCUT2D eigenvalue weighted by Crippen LogP contribution is 2.34. The Labute approximate surface area is 147 Å². The maximum Gasteiger partial charge on any atom is 0.253 e. The summed E-state index contributed by atoms with van der Waals surface area (Å²) >= 11 is 0. The van der Waals surface area contributed by atoms with E-state index in [0.29, 0.717) is 11.6 Å². The number of nitrogens with zero attached hydrogens (tertiary/aromatic N) is 4. The van der Waals surface area contributed by atoms with Crippen molar-refractivity contribution in [3.8, 4) is 0 Å². The van der Waals surface area contributed by atoms with Crippen molar-refractivity contribution in [1.82, 2.24) is 19.7 Å². The van der Waals surface area contributed by atoms with Crippen LogP contribution in [0.1, 0.15) is 18.4 Å². The first-order valence-electron chi connectivity index (χ1n) is 8.73. The third-order valence-electron chi connectivity index (χ3n) is 5.02. The fourth-order valence-corrected chi connectivity index (χ4v) is 3.78. The van der Waals surface area contributed by atoms with Crippen molar-refractivity contribution < 1.29 is 9.53 Å². The Kier molecular flexibility index (Phi) is 4.50. The van der Waals surface area contributed by atoms with Crippen LogP contribution in [0.5, 0.6) is 0 Å². The Bertz CT molecular complexity index is 732. The van der Waals surface area contributed by atoms with Crippen LogP contribution in [0.2, 0.25) is 0 Å². The van der Waals surface area contributed by atoms with Crippen LogP contribution in [0.3, 0.4) is 0 Å². The number of ether oxygens (including phenoxy) is 1. The Morgan fingerprint density at radius 1 is 1.44 bits per heavy atom. The van der Waals surface area contributed by atoms with E-state index < -0.39 is 0 Å². The quantitative estimate of drug-likeness (QED) is 0.911. The molecule has 0 aliphatic carbocycles. The van der Waals surface area contributed by atoms with Gasteiger partial charge in [0.05, 0.1) is 24.2 Å². The summed E-state index contributed by atoms with van der Waals surface area (Å²) < 4.78 is 7.90. The average molecular weight is 341 g/mol. The highest BCUT2D eigenvalue weighted by Gasteiger charge is 2.41. The van der Waals surface area contributed by atoms with Gasteiger partial charge in [0.25, 0.3) is 5.91 Å². The number of hydrogen-bond acceptors (Lipinski definition) is 5. The first-order chi connectivity index (χ1) is 12.2. The van der Waals surface area contributed by atoms with Gasteiger partial charge in [-0.05, 0) is 37.4 Å². The normalized spacial score (nSPS) is 26.4. The van der Waals surface area contributed by atoms with Crippen molar-refractivity contribution in [1.29, 1.82) is 0 Å². The Morgan fingerprint density at radius 2 is 2.36 bits per heavy atom. The minimum atomic E-state index is -0.367. The lowest BCUT2D eigenvalue weighted by molar-refractivity contribution is -0.127. The number of piperidine rings is 1. The van der Waals surface area contributed by atoms with E-state index in [9.17, 15) is 4.79 Å². The molecule has 2 fully saturated rings. The van der Waals surface area contributed by atoms with Crippen molar-refractivity contribution >= 4 is 11.6 Å². The van der Waals surface area contributed by atoms with Crippen LogP contribution in [-0.2, 0) is 23.1 Å². The fourth-order valence-electron chi connectivity index (χ4n) is 3.78. The van der Waals surface area contributed by atoms with E-state index in [1.807, 2.05) is 30.2 Å². The number of likely N-dealkylation sites (tertiary alicyclic amines) is 1. The lowest BCUT2D eigenvalue weighted by atomic mass is 9.91. The van der Waals surface area contributed by atoms with Crippen LogP contribution < -0.4 is 5.32 Å². The van der Waals surface area contributed by atoms with Crippen molar-refractivity contribution in [2.24, 2.45) is 13.0 Å². The molecule has 2 saturated heterocycles. The molecule has 1 N–H and O–H groups in total. The molecule has 4 rings (SSSR count). The number of rotatable bonds is 4. The van der Waals surface area contributed by atoms with E-state index in [-0.39, 0.29) is 18.1 Å². The zero-order valence-electron chi connectivity index (χ0n) is 14.3. The molecular weight excluding hydrogens is 318 g/mol. The van der Waals surface area contributed by atoms with Gasteiger partial charge in [0, 0.05) is 38.1 Å². The number of nitrogens with one attached hydrogen (secondary N) is 1. The minimum Gasteiger partial charge on any atom is -0.364 e. The van der Waals surface area contributed by atoms with E-state index in [1.54, 1.807) is 18.5 Å². The number of amides is 1. The van der Waals surface area contributed by atoms with E-state index in [1.165, 1.54) is 5.56 Å². The highest BCUT2D eigenvalue weighted by molar-refractivity contribution is 5.94. The molecule has 0 saturated carbocycles. The molecule has 0 aromatic carbocycles. The van der Waals surface area contributed by atoms with Crippen LogP contribution in [0.15, 0.2) is 36.9 Å². The summed E-state index contributed by atoms with van der Waals surface area (Å²) in [6.45, 7) is 2.79. The predicted octanol–water partition coefficient (Wildman–Crippen LogP) is 1.43. The lowest BCUT2D eigenvalue weighted by Gasteiger charge is -2.33. The molecular formula is C18H23N5O2. The topological polar surface area (TPSA) is 72.3 Å². The van der Waals surface area contributed by atoms with Crippen LogP contribution in [0, 0.1) is 5.92 Å². The summed E-state index contributed by atoms with van der Waals surface area (Å²) in [5, 5.41) is 7.12. The van der Waals surface area contributed by atoms with Crippen molar-refractivity contribution in [3.05, 3.63) is 42.5 Å². The van der Waals surface area contributed by atoms with E-state index in [4.69, 9.17) is 4.74 Å². The van der Waals surface area contributed by atoms with Crippen LogP contribution in [0.4, 0.5) is 5.69 Å². The smallest absolute Gasteiger partial charge is 0.253 e. The van der Waals surface area contributed by atoms with Crippen molar-refractivity contribution in [2.45, 2.75) is 31.6 Å². The second-order valence-electron chi connectivity index (χ2n) is 6.94. The molecule has 3 atom stereocenters. The SMILES string of the molecule is Cn1cc(CN2CC[C@@H]3C[C@@H](C(=O)Nc4cccnc4)O[C@H]3C2)cn1. The zero-order chi connectivity index (χ0) is 17.2. The molecule has 2 aliphatic rings. The van der Waals surface area contributed by atoms with E-state index in [0.717, 1.165) is 32.5 Å². The fraction of sp³-hybridized carbons (Fsp3) is 0.500. The maximum absolute atomic E-state index is 12.4. The van der Waals surface area contributed by atoms with Crippen molar-refractivity contribution in [2.75, 3.05) is 18.4 Å². The third kappa shape index (κ3) is 3.72. The molecule has 2 aromatic rings. The molecule has 0 spiro atoms. The number of pyridine rings is 1. The van der Waals surface area contributed by atoms with Gasteiger partial charge in [-0.25, -0.2) is 0 Å². The third-order valence-corrected chi connectivity index (χ3v) is 5.02. The molecule has 7 heteroatoms. The Balaban J connectivity index is 1.33. The molecule has 132 valence electrons. The van der Waals surface area contributed by atoms with Gasteiger partial charge in [-0.15, -0.1) is 0 Å². The highest BCUT2D eigenvalue weighted by atomic mass is 16.5. The first-order valence-corrected chi connectivity index (χ1v) is 8.73. The van der Waals surface area contributed by atoms with Gasteiger partial charge in [0.15, 0.2) is 0 Å². The van der Waals surface area contributed by atoms with Gasteiger partial charge < -0.3 is 10.1 Å². The number of aryl methyl sites for hydroxylation is 1. The lowest BCUT2D eigenvalue weighted by Crippen LogP contribution is -2.41. The van der Waals surface area contributed by atoms with Gasteiger partial charge >= 0.3 is 0 Å². The zero-order valence-corrected chi connectivity index (χ0v) is 14.3. The van der Waals surface area contributed by atoms with Gasteiger partial charge in [-0.2, -0.15) is 5.10 Å². The predicted molar refractivity (Wildman–Crippen MR) is 92.7 cm³/mol. The molecule has 7 nitrogen and oxygen atoms in total. The minimum absolute atomic E-state index is 0.0683. The second kappa shape index (κ2) is 6.93. The molecule has 0 bridgehead atoms. The van der Waals surface area contributed by atoms with Crippen LogP contribution >= 0.6 is 0 Å². The number of anilines is 1. The summed E-state index contributed by atoms with van der Waals surface area (Å²) in [6.07, 6.45) is 8.93. The summed E-state index contributed by atoms with van der Waals surface area (Å²) in [7, 11) is 1.93. The van der Waals surface area contributed by atoms with Gasteiger partial charge in [0.2, 0.25) is 0 Å². The molecule has 2 aromatic heterocycles. The second-order valence-corrected chi connectivity index (χ2v) is 6.94. The van der Waals surface area contributed by atoms with E-state index in [2.05, 4.69) is 20.3 Å². The molecule has 2 aliphatic heterocycles. The van der Waals surface area contributed by atoms with Crippen LogP contribution in [-0.4, -0.2) is 50.9 Å². The monoisotopic (exact) mass is 341 g/mol. The summed E-state index contributed by atoms with van der Waals surface area (Å²) in [4.78, 5) is 18.9. The van der Waals surface area contributed by atoms with E-state index >= 15 is 0 Å². The van der Waals surface area contributed by atoms with Gasteiger partial charge in [-0.1, -0.05) is 0 Å². The Morgan fingerprint density at radius 3 is 3.12 bits per heavy atom. The van der Waals surface area contributed by atoms with Crippen LogP contribution in [0.25, 0.3) is 0 Å². The molecule has 0 unspecified atom stereocenters. The average Bonchev–Trinajstić information content (AvgIpc) is 3.21. The largest absolute Gasteiger partial charge is 0.364 e. The number of aromatic nitrogens is 3. The maximum atomic E-state index is 12.4. The van der Waals surface area contributed by atoms with Gasteiger partial charge in [-0.3, -0.25) is 19.4 Å². The van der Waals surface area contributed by atoms with Crippen molar-refractivity contribution in [3.63, 3.8) is 0 Å². The summed E-state index contributed by atoms with van der Waals surface area (Å²) in [5.74, 6) is 0.399. The number of carbonyl (C=O) groups is 1. The molecule has 0 radical (unpaired) electrons. The standard InChI is InChI=1S/C18H23N5O2/c1-22-10-13(8-20-22)11-23-6-4-14-7-16(25-17(14)12-23)18(24)21-15-3-2-5-19-9-15/h2-3,5,8-10,14,16-17H,4,6-7,11-12H2,1H3,(H,21,24)/t14-,16+,17+/m1/s1. The first kappa shape index (κ1) is 16.2. The molecule has 4 heterocycles. The molecule has 25 heavy (non-hydrogen) atoms. The molecule has 1 amide bonds.